The van der Waals surface area contributed by atoms with Crippen LogP contribution in [0.15, 0.2) is 59.5 Å². The van der Waals surface area contributed by atoms with Crippen molar-refractivity contribution in [2.24, 2.45) is 0 Å². The van der Waals surface area contributed by atoms with Gasteiger partial charge in [0.05, 0.1) is 10.9 Å². The fourth-order valence-electron chi connectivity index (χ4n) is 3.83. The molecule has 29 heavy (non-hydrogen) atoms. The number of carbonyl (C=O) groups excluding carboxylic acids is 1. The lowest BCUT2D eigenvalue weighted by atomic mass is 9.94. The van der Waals surface area contributed by atoms with Crippen LogP contribution in [0, 0.1) is 6.92 Å². The summed E-state index contributed by atoms with van der Waals surface area (Å²) in [5.74, 6) is -0.453. The second-order valence-corrected chi connectivity index (χ2v) is 9.12. The maximum atomic E-state index is 13.6. The molecule has 1 aliphatic heterocycles. The first-order valence-corrected chi connectivity index (χ1v) is 11.1. The zero-order chi connectivity index (χ0) is 21.0. The summed E-state index contributed by atoms with van der Waals surface area (Å²) in [6.07, 6.45) is 0.583. The van der Waals surface area contributed by atoms with Crippen molar-refractivity contribution in [3.8, 4) is 0 Å². The zero-order valence-electron chi connectivity index (χ0n) is 16.9. The molecule has 0 aliphatic carbocycles. The molecule has 2 aromatic rings. The first kappa shape index (κ1) is 21.5. The Kier molecular flexibility index (Phi) is 6.72. The molecule has 1 aliphatic rings. The van der Waals surface area contributed by atoms with Gasteiger partial charge in [-0.05, 0) is 43.9 Å². The Morgan fingerprint density at radius 1 is 1.07 bits per heavy atom. The predicted octanol–water partition coefficient (Wildman–Crippen LogP) is 3.82. The highest BCUT2D eigenvalue weighted by molar-refractivity contribution is 7.89. The van der Waals surface area contributed by atoms with Crippen LogP contribution < -0.4 is 0 Å². The molecule has 7 heteroatoms. The van der Waals surface area contributed by atoms with Gasteiger partial charge in [-0.3, -0.25) is 4.79 Å². The topological polar surface area (TPSA) is 72.9 Å². The molecule has 3 atom stereocenters. The first-order valence-electron chi connectivity index (χ1n) is 9.69. The highest BCUT2D eigenvalue weighted by atomic mass is 32.2. The van der Waals surface area contributed by atoms with E-state index in [0.717, 1.165) is 17.5 Å². The summed E-state index contributed by atoms with van der Waals surface area (Å²) < 4.78 is 39.8. The Hall–Kier alpha value is -2.22. The van der Waals surface area contributed by atoms with Crippen molar-refractivity contribution < 1.29 is 22.7 Å². The van der Waals surface area contributed by atoms with Crippen molar-refractivity contribution in [2.75, 3.05) is 7.11 Å². The number of hydrogen-bond acceptors (Lipinski definition) is 5. The van der Waals surface area contributed by atoms with Gasteiger partial charge in [-0.25, -0.2) is 8.42 Å². The van der Waals surface area contributed by atoms with Crippen molar-refractivity contribution in [3.05, 3.63) is 65.7 Å². The smallest absolute Gasteiger partial charge is 0.303 e. The summed E-state index contributed by atoms with van der Waals surface area (Å²) in [5, 5.41) is 0. The monoisotopic (exact) mass is 417 g/mol. The molecule has 1 saturated heterocycles. The standard InChI is InChI=1S/C22H27NO5S/c1-16-12-14-19(15-13-16)29(25,26)23-20(10-7-11-21(23)27-3)22(28-17(2)24)18-8-5-4-6-9-18/h4-6,8-9,12-15,20-22H,7,10-11H2,1-3H3/t20-,21-,22-/m0/s1. The molecule has 0 spiro atoms. The molecule has 6 nitrogen and oxygen atoms in total. The Balaban J connectivity index is 2.08. The van der Waals surface area contributed by atoms with Crippen LogP contribution in [0.5, 0.6) is 0 Å². The van der Waals surface area contributed by atoms with Crippen LogP contribution in [-0.4, -0.2) is 38.1 Å². The largest absolute Gasteiger partial charge is 0.456 e. The molecular formula is C22H27NO5S. The molecule has 0 radical (unpaired) electrons. The summed E-state index contributed by atoms with van der Waals surface area (Å²) in [6, 6.07) is 15.4. The van der Waals surface area contributed by atoms with E-state index in [4.69, 9.17) is 9.47 Å². The number of methoxy groups -OCH3 is 1. The fourth-order valence-corrected chi connectivity index (χ4v) is 5.63. The summed E-state index contributed by atoms with van der Waals surface area (Å²) in [7, 11) is -2.35. The van der Waals surface area contributed by atoms with Crippen molar-refractivity contribution >= 4 is 16.0 Å². The summed E-state index contributed by atoms with van der Waals surface area (Å²) in [5.41, 5.74) is 1.73. The maximum absolute atomic E-state index is 13.6. The van der Waals surface area contributed by atoms with Gasteiger partial charge in [0.25, 0.3) is 0 Å². The van der Waals surface area contributed by atoms with E-state index in [1.54, 1.807) is 24.3 Å². The third-order valence-corrected chi connectivity index (χ3v) is 7.13. The lowest BCUT2D eigenvalue weighted by Crippen LogP contribution is -2.53. The number of esters is 1. The summed E-state index contributed by atoms with van der Waals surface area (Å²) in [4.78, 5) is 12.1. The minimum Gasteiger partial charge on any atom is -0.456 e. The molecule has 0 unspecified atom stereocenters. The van der Waals surface area contributed by atoms with Gasteiger partial charge in [-0.15, -0.1) is 0 Å². The van der Waals surface area contributed by atoms with Crippen LogP contribution in [0.4, 0.5) is 0 Å². The number of ether oxygens (including phenoxy) is 2. The van der Waals surface area contributed by atoms with Crippen LogP contribution in [-0.2, 0) is 24.3 Å². The van der Waals surface area contributed by atoms with Gasteiger partial charge in [0, 0.05) is 14.0 Å². The third-order valence-electron chi connectivity index (χ3n) is 5.20. The van der Waals surface area contributed by atoms with Crippen LogP contribution in [0.3, 0.4) is 0 Å². The number of piperidine rings is 1. The number of carbonyl (C=O) groups is 1. The van der Waals surface area contributed by atoms with Gasteiger partial charge >= 0.3 is 5.97 Å². The minimum absolute atomic E-state index is 0.201. The molecule has 3 rings (SSSR count). The summed E-state index contributed by atoms with van der Waals surface area (Å²) >= 11 is 0. The molecule has 0 saturated carbocycles. The van der Waals surface area contributed by atoms with E-state index < -0.39 is 34.4 Å². The lowest BCUT2D eigenvalue weighted by molar-refractivity contribution is -0.153. The van der Waals surface area contributed by atoms with E-state index in [1.165, 1.54) is 18.3 Å². The molecule has 0 bridgehead atoms. The average Bonchev–Trinajstić information content (AvgIpc) is 2.72. The minimum atomic E-state index is -3.86. The number of nitrogens with zero attached hydrogens (tertiary/aromatic N) is 1. The second kappa shape index (κ2) is 9.07. The molecule has 156 valence electrons. The molecule has 2 aromatic carbocycles. The second-order valence-electron chi connectivity index (χ2n) is 7.28. The van der Waals surface area contributed by atoms with E-state index in [-0.39, 0.29) is 4.90 Å². The first-order chi connectivity index (χ1) is 13.8. The van der Waals surface area contributed by atoms with Gasteiger partial charge in [0.2, 0.25) is 10.0 Å². The van der Waals surface area contributed by atoms with E-state index in [0.29, 0.717) is 12.8 Å². The number of hydrogen-bond donors (Lipinski definition) is 0. The van der Waals surface area contributed by atoms with Crippen LogP contribution in [0.25, 0.3) is 0 Å². The average molecular weight is 418 g/mol. The van der Waals surface area contributed by atoms with E-state index >= 15 is 0 Å². The van der Waals surface area contributed by atoms with Crippen LogP contribution in [0.1, 0.15) is 43.4 Å². The van der Waals surface area contributed by atoms with Crippen LogP contribution >= 0.6 is 0 Å². The number of benzene rings is 2. The molecule has 0 aromatic heterocycles. The van der Waals surface area contributed by atoms with Gasteiger partial charge in [0.1, 0.15) is 12.3 Å². The number of sulfonamides is 1. The highest BCUT2D eigenvalue weighted by Crippen LogP contribution is 2.38. The molecular weight excluding hydrogens is 390 g/mol. The molecule has 0 amide bonds. The van der Waals surface area contributed by atoms with Crippen molar-refractivity contribution in [1.29, 1.82) is 0 Å². The van der Waals surface area contributed by atoms with Crippen molar-refractivity contribution in [1.82, 2.24) is 4.31 Å². The van der Waals surface area contributed by atoms with Crippen molar-refractivity contribution in [3.63, 3.8) is 0 Å². The number of aryl methyl sites for hydroxylation is 1. The maximum Gasteiger partial charge on any atom is 0.303 e. The summed E-state index contributed by atoms with van der Waals surface area (Å²) in [6.45, 7) is 3.25. The molecule has 1 heterocycles. The predicted molar refractivity (Wildman–Crippen MR) is 110 cm³/mol. The van der Waals surface area contributed by atoms with E-state index in [9.17, 15) is 13.2 Å². The highest BCUT2D eigenvalue weighted by Gasteiger charge is 2.45. The Labute approximate surface area is 172 Å². The zero-order valence-corrected chi connectivity index (χ0v) is 17.8. The number of rotatable bonds is 6. The Bertz CT molecular complexity index is 927. The fraction of sp³-hybridized carbons (Fsp3) is 0.409. The van der Waals surface area contributed by atoms with Gasteiger partial charge < -0.3 is 9.47 Å². The normalized spacial score (nSPS) is 21.5. The van der Waals surface area contributed by atoms with Gasteiger partial charge in [-0.2, -0.15) is 4.31 Å². The Morgan fingerprint density at radius 2 is 1.72 bits per heavy atom. The van der Waals surface area contributed by atoms with Crippen molar-refractivity contribution in [2.45, 2.75) is 56.4 Å². The SMILES string of the molecule is CO[C@H]1CCC[C@@H]([C@@H](OC(C)=O)c2ccccc2)N1S(=O)(=O)c1ccc(C)cc1. The quantitative estimate of drug-likeness (QED) is 0.668. The van der Waals surface area contributed by atoms with Gasteiger partial charge in [-0.1, -0.05) is 48.0 Å². The Morgan fingerprint density at radius 3 is 2.31 bits per heavy atom. The van der Waals surface area contributed by atoms with Gasteiger partial charge in [0.15, 0.2) is 0 Å². The molecule has 1 fully saturated rings. The third kappa shape index (κ3) is 4.69. The molecule has 0 N–H and O–H groups in total. The van der Waals surface area contributed by atoms with E-state index in [1.807, 2.05) is 37.3 Å². The lowest BCUT2D eigenvalue weighted by Gasteiger charge is -2.43. The van der Waals surface area contributed by atoms with E-state index in [2.05, 4.69) is 0 Å². The van der Waals surface area contributed by atoms with Crippen LogP contribution in [0.2, 0.25) is 0 Å².